The van der Waals surface area contributed by atoms with Crippen molar-refractivity contribution < 1.29 is 8.42 Å². The molecule has 0 unspecified atom stereocenters. The van der Waals surface area contributed by atoms with Gasteiger partial charge < -0.3 is 0 Å². The molecule has 1 aromatic rings. The number of hydrogen-bond acceptors (Lipinski definition) is 4. The number of piperidine rings is 1. The standard InChI is InChI=1S/C12H19N3O2S/c1-3-18(16,17)15-8-5-11(6-9-15)12-4-7-13-10(2)14-12/h4,7,11H,3,5-6,8-9H2,1-2H3. The first kappa shape index (κ1) is 13.4. The second-order valence-electron chi connectivity index (χ2n) is 4.60. The van der Waals surface area contributed by atoms with E-state index in [0.717, 1.165) is 24.4 Å². The monoisotopic (exact) mass is 269 g/mol. The molecule has 5 nitrogen and oxygen atoms in total. The molecule has 1 saturated heterocycles. The van der Waals surface area contributed by atoms with Crippen molar-refractivity contribution in [3.8, 4) is 0 Å². The fourth-order valence-electron chi connectivity index (χ4n) is 2.31. The molecule has 0 amide bonds. The molecule has 1 aliphatic heterocycles. The smallest absolute Gasteiger partial charge is 0.213 e. The molecule has 0 bridgehead atoms. The van der Waals surface area contributed by atoms with Crippen LogP contribution in [0.3, 0.4) is 0 Å². The van der Waals surface area contributed by atoms with E-state index in [0.29, 0.717) is 19.0 Å². The van der Waals surface area contributed by atoms with E-state index in [1.54, 1.807) is 17.4 Å². The van der Waals surface area contributed by atoms with Gasteiger partial charge in [0.1, 0.15) is 5.82 Å². The summed E-state index contributed by atoms with van der Waals surface area (Å²) in [6.45, 7) is 4.77. The van der Waals surface area contributed by atoms with Gasteiger partial charge in [-0.2, -0.15) is 0 Å². The molecule has 1 aromatic heterocycles. The summed E-state index contributed by atoms with van der Waals surface area (Å²) in [6.07, 6.45) is 3.46. The first-order valence-corrected chi connectivity index (χ1v) is 7.91. The second kappa shape index (κ2) is 5.32. The Bertz CT molecular complexity index is 508. The predicted octanol–water partition coefficient (Wildman–Crippen LogP) is 1.31. The molecule has 1 aliphatic rings. The molecule has 1 fully saturated rings. The van der Waals surface area contributed by atoms with Crippen molar-refractivity contribution in [2.75, 3.05) is 18.8 Å². The number of aryl methyl sites for hydroxylation is 1. The maximum atomic E-state index is 11.8. The van der Waals surface area contributed by atoms with Crippen LogP contribution in [0.25, 0.3) is 0 Å². The van der Waals surface area contributed by atoms with Crippen LogP contribution < -0.4 is 0 Å². The Hall–Kier alpha value is -1.01. The summed E-state index contributed by atoms with van der Waals surface area (Å²) < 4.78 is 25.1. The first-order chi connectivity index (χ1) is 8.53. The van der Waals surface area contributed by atoms with Crippen LogP contribution >= 0.6 is 0 Å². The third-order valence-corrected chi connectivity index (χ3v) is 5.31. The molecule has 0 spiro atoms. The summed E-state index contributed by atoms with van der Waals surface area (Å²) in [5.41, 5.74) is 1.04. The van der Waals surface area contributed by atoms with Gasteiger partial charge in [0.15, 0.2) is 0 Å². The summed E-state index contributed by atoms with van der Waals surface area (Å²) in [7, 11) is -3.03. The van der Waals surface area contributed by atoms with Gasteiger partial charge in [0, 0.05) is 30.9 Å². The highest BCUT2D eigenvalue weighted by molar-refractivity contribution is 7.89. The Kier molecular flexibility index (Phi) is 3.97. The summed E-state index contributed by atoms with van der Waals surface area (Å²) >= 11 is 0. The van der Waals surface area contributed by atoms with Gasteiger partial charge in [-0.15, -0.1) is 0 Å². The topological polar surface area (TPSA) is 63.2 Å². The van der Waals surface area contributed by atoms with Crippen LogP contribution in [0.5, 0.6) is 0 Å². The number of aromatic nitrogens is 2. The number of rotatable bonds is 3. The van der Waals surface area contributed by atoms with Crippen molar-refractivity contribution in [3.05, 3.63) is 23.8 Å². The Labute approximate surface area is 108 Å². The lowest BCUT2D eigenvalue weighted by molar-refractivity contribution is 0.317. The van der Waals surface area contributed by atoms with Crippen LogP contribution in [0.1, 0.15) is 37.2 Å². The molecule has 0 atom stereocenters. The van der Waals surface area contributed by atoms with Gasteiger partial charge in [-0.25, -0.2) is 22.7 Å². The normalized spacial score (nSPS) is 19.0. The van der Waals surface area contributed by atoms with E-state index in [4.69, 9.17) is 0 Å². The molecule has 0 saturated carbocycles. The zero-order valence-electron chi connectivity index (χ0n) is 10.8. The number of hydrogen-bond donors (Lipinski definition) is 0. The average Bonchev–Trinajstić information content (AvgIpc) is 2.39. The van der Waals surface area contributed by atoms with Crippen molar-refractivity contribution in [3.63, 3.8) is 0 Å². The Morgan fingerprint density at radius 1 is 1.39 bits per heavy atom. The molecule has 0 radical (unpaired) electrons. The number of nitrogens with zero attached hydrogens (tertiary/aromatic N) is 3. The van der Waals surface area contributed by atoms with E-state index >= 15 is 0 Å². The molecule has 0 aromatic carbocycles. The zero-order valence-corrected chi connectivity index (χ0v) is 11.7. The summed E-state index contributed by atoms with van der Waals surface area (Å²) in [5, 5.41) is 0. The maximum absolute atomic E-state index is 11.8. The first-order valence-electron chi connectivity index (χ1n) is 6.30. The van der Waals surface area contributed by atoms with Gasteiger partial charge in [-0.1, -0.05) is 0 Å². The quantitative estimate of drug-likeness (QED) is 0.830. The SMILES string of the molecule is CCS(=O)(=O)N1CCC(c2ccnc(C)n2)CC1. The minimum absolute atomic E-state index is 0.185. The highest BCUT2D eigenvalue weighted by Crippen LogP contribution is 2.27. The van der Waals surface area contributed by atoms with Gasteiger partial charge >= 0.3 is 0 Å². The van der Waals surface area contributed by atoms with E-state index in [1.165, 1.54) is 0 Å². The lowest BCUT2D eigenvalue weighted by atomic mass is 9.94. The summed E-state index contributed by atoms with van der Waals surface area (Å²) in [6, 6.07) is 1.93. The van der Waals surface area contributed by atoms with Crippen LogP contribution in [0.2, 0.25) is 0 Å². The summed E-state index contributed by atoms with van der Waals surface area (Å²) in [4.78, 5) is 8.51. The van der Waals surface area contributed by atoms with Crippen molar-refractivity contribution >= 4 is 10.0 Å². The minimum Gasteiger partial charge on any atom is -0.242 e. The molecule has 0 aliphatic carbocycles. The van der Waals surface area contributed by atoms with Crippen LogP contribution in [-0.2, 0) is 10.0 Å². The van der Waals surface area contributed by atoms with Crippen LogP contribution in [0, 0.1) is 6.92 Å². The van der Waals surface area contributed by atoms with Crippen LogP contribution in [0.15, 0.2) is 12.3 Å². The third kappa shape index (κ3) is 2.87. The van der Waals surface area contributed by atoms with Crippen molar-refractivity contribution in [1.29, 1.82) is 0 Å². The van der Waals surface area contributed by atoms with E-state index < -0.39 is 10.0 Å². The second-order valence-corrected chi connectivity index (χ2v) is 6.86. The molecule has 100 valence electrons. The predicted molar refractivity (Wildman–Crippen MR) is 69.8 cm³/mol. The Balaban J connectivity index is 2.03. The highest BCUT2D eigenvalue weighted by Gasteiger charge is 2.27. The third-order valence-electron chi connectivity index (χ3n) is 3.43. The molecule has 18 heavy (non-hydrogen) atoms. The van der Waals surface area contributed by atoms with E-state index in [2.05, 4.69) is 9.97 Å². The molecule has 2 heterocycles. The van der Waals surface area contributed by atoms with Gasteiger partial charge in [0.2, 0.25) is 10.0 Å². The van der Waals surface area contributed by atoms with Crippen LogP contribution in [0.4, 0.5) is 0 Å². The Morgan fingerprint density at radius 3 is 2.61 bits per heavy atom. The minimum atomic E-state index is -3.03. The van der Waals surface area contributed by atoms with E-state index in [-0.39, 0.29) is 5.75 Å². The maximum Gasteiger partial charge on any atom is 0.213 e. The van der Waals surface area contributed by atoms with E-state index in [1.807, 2.05) is 13.0 Å². The lowest BCUT2D eigenvalue weighted by Gasteiger charge is -2.30. The van der Waals surface area contributed by atoms with Gasteiger partial charge in [0.25, 0.3) is 0 Å². The van der Waals surface area contributed by atoms with Gasteiger partial charge in [-0.05, 0) is 32.8 Å². The molecular formula is C12H19N3O2S. The fourth-order valence-corrected chi connectivity index (χ4v) is 3.45. The highest BCUT2D eigenvalue weighted by atomic mass is 32.2. The van der Waals surface area contributed by atoms with Crippen molar-refractivity contribution in [1.82, 2.24) is 14.3 Å². The van der Waals surface area contributed by atoms with Gasteiger partial charge in [0.05, 0.1) is 5.75 Å². The lowest BCUT2D eigenvalue weighted by Crippen LogP contribution is -2.38. The zero-order chi connectivity index (χ0) is 13.2. The van der Waals surface area contributed by atoms with Crippen LogP contribution in [-0.4, -0.2) is 41.5 Å². The molecule has 2 rings (SSSR count). The largest absolute Gasteiger partial charge is 0.242 e. The molecule has 6 heteroatoms. The van der Waals surface area contributed by atoms with Crippen molar-refractivity contribution in [2.24, 2.45) is 0 Å². The van der Waals surface area contributed by atoms with Gasteiger partial charge in [-0.3, -0.25) is 0 Å². The Morgan fingerprint density at radius 2 is 2.06 bits per heavy atom. The molecule has 0 N–H and O–H groups in total. The fraction of sp³-hybridized carbons (Fsp3) is 0.667. The number of sulfonamides is 1. The summed E-state index contributed by atoms with van der Waals surface area (Å²) in [5.74, 6) is 1.32. The molecular weight excluding hydrogens is 250 g/mol. The van der Waals surface area contributed by atoms with E-state index in [9.17, 15) is 8.42 Å². The van der Waals surface area contributed by atoms with Crippen molar-refractivity contribution in [2.45, 2.75) is 32.6 Å². The average molecular weight is 269 g/mol.